The van der Waals surface area contributed by atoms with Crippen LogP contribution in [0.2, 0.25) is 0 Å². The number of amides is 1. The molecule has 1 unspecified atom stereocenters. The number of hydrogen-bond donors (Lipinski definition) is 3. The molecule has 0 spiro atoms. The van der Waals surface area contributed by atoms with Crippen molar-refractivity contribution in [2.45, 2.75) is 19.4 Å². The average molecular weight is 286 g/mol. The van der Waals surface area contributed by atoms with E-state index in [0.717, 1.165) is 35.8 Å². The van der Waals surface area contributed by atoms with E-state index in [-0.39, 0.29) is 18.6 Å². The first-order chi connectivity index (χ1) is 10.2. The molecule has 0 saturated heterocycles. The normalized spacial score (nSPS) is 15.0. The second kappa shape index (κ2) is 5.97. The molecule has 3 rings (SSSR count). The van der Waals surface area contributed by atoms with Gasteiger partial charge in [0.05, 0.1) is 5.69 Å². The molecule has 6 nitrogen and oxygen atoms in total. The van der Waals surface area contributed by atoms with Crippen molar-refractivity contribution in [3.8, 4) is 5.75 Å². The van der Waals surface area contributed by atoms with E-state index in [4.69, 9.17) is 4.74 Å². The Hall–Kier alpha value is -2.34. The van der Waals surface area contributed by atoms with Crippen molar-refractivity contribution < 1.29 is 9.53 Å². The Morgan fingerprint density at radius 3 is 3.19 bits per heavy atom. The van der Waals surface area contributed by atoms with Crippen LogP contribution in [-0.4, -0.2) is 29.0 Å². The molecule has 1 aliphatic heterocycles. The molecule has 21 heavy (non-hydrogen) atoms. The van der Waals surface area contributed by atoms with Gasteiger partial charge in [-0.25, -0.2) is 4.98 Å². The lowest BCUT2D eigenvalue weighted by molar-refractivity contribution is -0.118. The third-order valence-electron chi connectivity index (χ3n) is 3.50. The van der Waals surface area contributed by atoms with Gasteiger partial charge in [-0.3, -0.25) is 4.79 Å². The maximum atomic E-state index is 11.3. The maximum absolute atomic E-state index is 11.3. The number of fused-ring (bicyclic) bond motifs is 1. The van der Waals surface area contributed by atoms with Crippen LogP contribution in [-0.2, 0) is 11.2 Å². The van der Waals surface area contributed by atoms with Crippen LogP contribution in [0.4, 0.5) is 5.69 Å². The lowest BCUT2D eigenvalue weighted by atomic mass is 10.1. The van der Waals surface area contributed by atoms with E-state index in [9.17, 15) is 4.79 Å². The molecule has 110 valence electrons. The molecule has 0 fully saturated rings. The highest BCUT2D eigenvalue weighted by molar-refractivity contribution is 5.95. The minimum atomic E-state index is -0.113. The number of ether oxygens (including phenoxy) is 1. The number of benzene rings is 1. The van der Waals surface area contributed by atoms with Gasteiger partial charge < -0.3 is 20.4 Å². The lowest BCUT2D eigenvalue weighted by Gasteiger charge is -2.21. The van der Waals surface area contributed by atoms with Gasteiger partial charge in [0.15, 0.2) is 6.61 Å². The van der Waals surface area contributed by atoms with Crippen molar-refractivity contribution in [2.75, 3.05) is 18.5 Å². The molecule has 1 aromatic heterocycles. The van der Waals surface area contributed by atoms with E-state index in [0.29, 0.717) is 0 Å². The monoisotopic (exact) mass is 286 g/mol. The molecule has 2 heterocycles. The molecule has 2 aromatic rings. The zero-order valence-electron chi connectivity index (χ0n) is 11.8. The van der Waals surface area contributed by atoms with E-state index in [1.165, 1.54) is 0 Å². The molecule has 1 aromatic carbocycles. The highest BCUT2D eigenvalue weighted by atomic mass is 16.5. The van der Waals surface area contributed by atoms with Gasteiger partial charge in [0, 0.05) is 31.4 Å². The highest BCUT2D eigenvalue weighted by Gasteiger charge is 2.17. The number of nitrogens with one attached hydrogen (secondary N) is 3. The van der Waals surface area contributed by atoms with Crippen LogP contribution >= 0.6 is 0 Å². The van der Waals surface area contributed by atoms with Crippen LogP contribution in [0.25, 0.3) is 0 Å². The maximum Gasteiger partial charge on any atom is 0.262 e. The first-order valence-electron chi connectivity index (χ1n) is 7.00. The fourth-order valence-corrected chi connectivity index (χ4v) is 2.33. The second-order valence-corrected chi connectivity index (χ2v) is 5.05. The number of nitrogens with zero attached hydrogens (tertiary/aromatic N) is 1. The highest BCUT2D eigenvalue weighted by Crippen LogP contribution is 2.30. The second-order valence-electron chi connectivity index (χ2n) is 5.05. The number of carbonyl (C=O) groups excluding carboxylic acids is 1. The van der Waals surface area contributed by atoms with Crippen LogP contribution in [0.1, 0.15) is 24.4 Å². The van der Waals surface area contributed by atoms with E-state index < -0.39 is 0 Å². The van der Waals surface area contributed by atoms with Gasteiger partial charge >= 0.3 is 0 Å². The minimum Gasteiger partial charge on any atom is -0.482 e. The van der Waals surface area contributed by atoms with Gasteiger partial charge in [0.1, 0.15) is 11.6 Å². The van der Waals surface area contributed by atoms with Gasteiger partial charge in [0.25, 0.3) is 5.91 Å². The third-order valence-corrected chi connectivity index (χ3v) is 3.50. The summed E-state index contributed by atoms with van der Waals surface area (Å²) in [5.41, 5.74) is 1.85. The SMILES string of the molecule is CC(NCCc1ncc[nH]1)c1ccc2c(c1)NC(=O)CO2. The Morgan fingerprint density at radius 1 is 1.48 bits per heavy atom. The number of carbonyl (C=O) groups is 1. The van der Waals surface area contributed by atoms with Crippen molar-refractivity contribution in [1.29, 1.82) is 0 Å². The predicted octanol–water partition coefficient (Wildman–Crippen LogP) is 1.63. The molecule has 0 bridgehead atoms. The number of imidazole rings is 1. The largest absolute Gasteiger partial charge is 0.482 e. The summed E-state index contributed by atoms with van der Waals surface area (Å²) in [5, 5.41) is 6.27. The zero-order valence-corrected chi connectivity index (χ0v) is 11.8. The molecule has 1 atom stereocenters. The van der Waals surface area contributed by atoms with Crippen molar-refractivity contribution in [1.82, 2.24) is 15.3 Å². The molecule has 1 amide bonds. The molecule has 0 radical (unpaired) electrons. The zero-order chi connectivity index (χ0) is 14.7. The predicted molar refractivity (Wildman–Crippen MR) is 79.3 cm³/mol. The van der Waals surface area contributed by atoms with Crippen LogP contribution < -0.4 is 15.4 Å². The lowest BCUT2D eigenvalue weighted by Crippen LogP contribution is -2.26. The van der Waals surface area contributed by atoms with Gasteiger partial charge in [-0.05, 0) is 24.6 Å². The number of aromatic amines is 1. The van der Waals surface area contributed by atoms with Gasteiger partial charge in [0.2, 0.25) is 0 Å². The first kappa shape index (κ1) is 13.6. The standard InChI is InChI=1S/C15H18N4O2/c1-10(16-5-4-14-17-6-7-18-14)11-2-3-13-12(8-11)19-15(20)9-21-13/h2-3,6-8,10,16H,4-5,9H2,1H3,(H,17,18)(H,19,20). The number of rotatable bonds is 5. The number of H-pyrrole nitrogens is 1. The number of hydrogen-bond acceptors (Lipinski definition) is 4. The average Bonchev–Trinajstić information content (AvgIpc) is 2.99. The van der Waals surface area contributed by atoms with Crippen molar-refractivity contribution in [3.63, 3.8) is 0 Å². The van der Waals surface area contributed by atoms with Gasteiger partial charge in [-0.2, -0.15) is 0 Å². The summed E-state index contributed by atoms with van der Waals surface area (Å²) in [4.78, 5) is 18.6. The Morgan fingerprint density at radius 2 is 2.38 bits per heavy atom. The van der Waals surface area contributed by atoms with Crippen molar-refractivity contribution in [2.24, 2.45) is 0 Å². The number of anilines is 1. The molecule has 3 N–H and O–H groups in total. The Kier molecular flexibility index (Phi) is 3.87. The summed E-state index contributed by atoms with van der Waals surface area (Å²) >= 11 is 0. The molecule has 0 aliphatic carbocycles. The minimum absolute atomic E-state index is 0.0866. The quantitative estimate of drug-likeness (QED) is 0.780. The van der Waals surface area contributed by atoms with Crippen LogP contribution in [0, 0.1) is 0 Å². The number of aromatic nitrogens is 2. The fraction of sp³-hybridized carbons (Fsp3) is 0.333. The molecule has 0 saturated carbocycles. The molecule has 1 aliphatic rings. The van der Waals surface area contributed by atoms with E-state index in [1.807, 2.05) is 24.4 Å². The van der Waals surface area contributed by atoms with Crippen LogP contribution in [0.5, 0.6) is 5.75 Å². The summed E-state index contributed by atoms with van der Waals surface area (Å²) in [7, 11) is 0. The summed E-state index contributed by atoms with van der Waals surface area (Å²) < 4.78 is 5.36. The first-order valence-corrected chi connectivity index (χ1v) is 7.00. The van der Waals surface area contributed by atoms with Crippen LogP contribution in [0.15, 0.2) is 30.6 Å². The van der Waals surface area contributed by atoms with E-state index >= 15 is 0 Å². The summed E-state index contributed by atoms with van der Waals surface area (Å²) in [6.07, 6.45) is 4.43. The van der Waals surface area contributed by atoms with E-state index in [2.05, 4.69) is 27.5 Å². The van der Waals surface area contributed by atoms with Crippen LogP contribution in [0.3, 0.4) is 0 Å². The Balaban J connectivity index is 1.60. The summed E-state index contributed by atoms with van der Waals surface area (Å²) in [5.74, 6) is 1.58. The smallest absolute Gasteiger partial charge is 0.262 e. The topological polar surface area (TPSA) is 79.0 Å². The van der Waals surface area contributed by atoms with Crippen molar-refractivity contribution >= 4 is 11.6 Å². The van der Waals surface area contributed by atoms with Crippen molar-refractivity contribution in [3.05, 3.63) is 42.0 Å². The molecular formula is C15H18N4O2. The molecular weight excluding hydrogens is 268 g/mol. The Labute approximate surface area is 122 Å². The Bertz CT molecular complexity index is 625. The van der Waals surface area contributed by atoms with E-state index in [1.54, 1.807) is 6.20 Å². The summed E-state index contributed by atoms with van der Waals surface area (Å²) in [6.45, 7) is 3.01. The third kappa shape index (κ3) is 3.22. The van der Waals surface area contributed by atoms with Gasteiger partial charge in [-0.1, -0.05) is 6.07 Å². The van der Waals surface area contributed by atoms with Gasteiger partial charge in [-0.15, -0.1) is 0 Å². The molecule has 6 heteroatoms. The fourth-order valence-electron chi connectivity index (χ4n) is 2.33. The summed E-state index contributed by atoms with van der Waals surface area (Å²) in [6, 6.07) is 6.05.